The number of nitrogens with zero attached hydrogens (tertiary/aromatic N) is 2. The lowest BCUT2D eigenvalue weighted by Gasteiger charge is -2.34. The number of carbonyl (C=O) groups is 1. The van der Waals surface area contributed by atoms with E-state index in [1.54, 1.807) is 11.3 Å². The third kappa shape index (κ3) is 4.22. The fourth-order valence-electron chi connectivity index (χ4n) is 3.99. The van der Waals surface area contributed by atoms with Gasteiger partial charge in [-0.3, -0.25) is 9.69 Å². The van der Waals surface area contributed by atoms with E-state index in [1.807, 2.05) is 13.8 Å². The van der Waals surface area contributed by atoms with Crippen LogP contribution in [-0.4, -0.2) is 42.6 Å². The van der Waals surface area contributed by atoms with E-state index >= 15 is 0 Å². The van der Waals surface area contributed by atoms with Gasteiger partial charge in [-0.25, -0.2) is 0 Å². The molecule has 1 N–H and O–H groups in total. The average molecular weight is 362 g/mol. The maximum atomic E-state index is 12.5. The summed E-state index contributed by atoms with van der Waals surface area (Å²) in [5.74, 6) is 0.668. The second kappa shape index (κ2) is 7.86. The number of hydrogen-bond donors (Lipinski definition) is 1. The lowest BCUT2D eigenvalue weighted by molar-refractivity contribution is -0.121. The number of rotatable bonds is 4. The van der Waals surface area contributed by atoms with Crippen LogP contribution in [0.4, 0.5) is 5.00 Å². The standard InChI is InChI=1S/C19H27N3O2S/c1-4-14-5-6-15-16(8-20)19(25-17(15)7-14)21-18(23)11-22-9-12(2)24-13(3)10-22/h12-14H,4-7,9-11H2,1-3H3,(H,21,23)/t12-,13-,14-/m0/s1. The van der Waals surface area contributed by atoms with Gasteiger partial charge < -0.3 is 10.1 Å². The summed E-state index contributed by atoms with van der Waals surface area (Å²) >= 11 is 1.60. The highest BCUT2D eigenvalue weighted by Gasteiger charge is 2.27. The zero-order valence-corrected chi connectivity index (χ0v) is 16.1. The first kappa shape index (κ1) is 18.4. The molecule has 0 spiro atoms. The topological polar surface area (TPSA) is 65.4 Å². The van der Waals surface area contributed by atoms with Gasteiger partial charge in [0, 0.05) is 18.0 Å². The van der Waals surface area contributed by atoms with Crippen LogP contribution in [0.25, 0.3) is 0 Å². The van der Waals surface area contributed by atoms with Gasteiger partial charge in [0.15, 0.2) is 0 Å². The minimum Gasteiger partial charge on any atom is -0.373 e. The van der Waals surface area contributed by atoms with Gasteiger partial charge in [-0.15, -0.1) is 11.3 Å². The van der Waals surface area contributed by atoms with E-state index in [-0.39, 0.29) is 18.1 Å². The smallest absolute Gasteiger partial charge is 0.239 e. The van der Waals surface area contributed by atoms with Crippen LogP contribution in [0, 0.1) is 17.2 Å². The normalized spacial score (nSPS) is 26.7. The predicted octanol–water partition coefficient (Wildman–Crippen LogP) is 3.18. The van der Waals surface area contributed by atoms with Crippen LogP contribution in [0.5, 0.6) is 0 Å². The van der Waals surface area contributed by atoms with Gasteiger partial charge in [0.2, 0.25) is 5.91 Å². The maximum Gasteiger partial charge on any atom is 0.239 e. The molecule has 25 heavy (non-hydrogen) atoms. The van der Waals surface area contributed by atoms with Crippen LogP contribution >= 0.6 is 11.3 Å². The Morgan fingerprint density at radius 2 is 2.12 bits per heavy atom. The first-order chi connectivity index (χ1) is 12.0. The highest BCUT2D eigenvalue weighted by Crippen LogP contribution is 2.39. The summed E-state index contributed by atoms with van der Waals surface area (Å²) in [6, 6.07) is 2.32. The van der Waals surface area contributed by atoms with Crippen molar-refractivity contribution < 1.29 is 9.53 Å². The van der Waals surface area contributed by atoms with Crippen LogP contribution in [0.3, 0.4) is 0 Å². The van der Waals surface area contributed by atoms with Gasteiger partial charge in [-0.2, -0.15) is 5.26 Å². The first-order valence-corrected chi connectivity index (χ1v) is 10.0. The third-order valence-electron chi connectivity index (χ3n) is 5.17. The summed E-state index contributed by atoms with van der Waals surface area (Å²) < 4.78 is 5.71. The summed E-state index contributed by atoms with van der Waals surface area (Å²) in [5, 5.41) is 13.3. The molecule has 1 fully saturated rings. The molecular weight excluding hydrogens is 334 g/mol. The SMILES string of the molecule is CC[C@H]1CCc2c(sc(NC(=O)CN3C[C@H](C)O[C@@H](C)C3)c2C#N)C1. The van der Waals surface area contributed by atoms with Gasteiger partial charge >= 0.3 is 0 Å². The van der Waals surface area contributed by atoms with E-state index in [1.165, 1.54) is 16.9 Å². The largest absolute Gasteiger partial charge is 0.373 e. The third-order valence-corrected chi connectivity index (χ3v) is 6.34. The van der Waals surface area contributed by atoms with Crippen LogP contribution < -0.4 is 5.32 Å². The van der Waals surface area contributed by atoms with Crippen molar-refractivity contribution in [3.8, 4) is 6.07 Å². The fourth-order valence-corrected chi connectivity index (χ4v) is 5.32. The Labute approximate surface area is 154 Å². The number of nitrogens with one attached hydrogen (secondary N) is 1. The predicted molar refractivity (Wildman–Crippen MR) is 99.9 cm³/mol. The van der Waals surface area contributed by atoms with Crippen LogP contribution in [0.2, 0.25) is 0 Å². The van der Waals surface area contributed by atoms with E-state index in [4.69, 9.17) is 4.74 Å². The molecule has 1 amide bonds. The molecule has 1 saturated heterocycles. The van der Waals surface area contributed by atoms with Crippen molar-refractivity contribution >= 4 is 22.2 Å². The minimum absolute atomic E-state index is 0.0385. The summed E-state index contributed by atoms with van der Waals surface area (Å²) in [7, 11) is 0. The maximum absolute atomic E-state index is 12.5. The molecule has 0 unspecified atom stereocenters. The molecule has 2 aliphatic rings. The number of amides is 1. The van der Waals surface area contributed by atoms with E-state index in [0.717, 1.165) is 37.4 Å². The number of carbonyl (C=O) groups excluding carboxylic acids is 1. The second-order valence-corrected chi connectivity index (χ2v) is 8.44. The van der Waals surface area contributed by atoms with E-state index in [9.17, 15) is 10.1 Å². The lowest BCUT2D eigenvalue weighted by Crippen LogP contribution is -2.48. The van der Waals surface area contributed by atoms with Crippen LogP contribution in [0.1, 0.15) is 49.6 Å². The Kier molecular flexibility index (Phi) is 5.78. The molecule has 0 saturated carbocycles. The Hall–Kier alpha value is -1.42. The van der Waals surface area contributed by atoms with Gasteiger partial charge in [-0.1, -0.05) is 13.3 Å². The Balaban J connectivity index is 1.67. The highest BCUT2D eigenvalue weighted by molar-refractivity contribution is 7.16. The minimum atomic E-state index is -0.0385. The lowest BCUT2D eigenvalue weighted by atomic mass is 9.86. The van der Waals surface area contributed by atoms with Crippen molar-refractivity contribution in [1.82, 2.24) is 4.90 Å². The number of hydrogen-bond acceptors (Lipinski definition) is 5. The number of nitriles is 1. The Morgan fingerprint density at radius 3 is 2.76 bits per heavy atom. The second-order valence-electron chi connectivity index (χ2n) is 7.34. The number of fused-ring (bicyclic) bond motifs is 1. The summed E-state index contributed by atoms with van der Waals surface area (Å²) in [6.45, 7) is 8.17. The average Bonchev–Trinajstić information content (AvgIpc) is 2.89. The van der Waals surface area contributed by atoms with Crippen LogP contribution in [-0.2, 0) is 22.4 Å². The van der Waals surface area contributed by atoms with E-state index < -0.39 is 0 Å². The summed E-state index contributed by atoms with van der Waals surface area (Å²) in [6.07, 6.45) is 4.61. The molecule has 2 heterocycles. The molecule has 1 aliphatic heterocycles. The molecule has 0 bridgehead atoms. The molecule has 1 aromatic heterocycles. The summed E-state index contributed by atoms with van der Waals surface area (Å²) in [4.78, 5) is 15.9. The van der Waals surface area contributed by atoms with E-state index in [2.05, 4.69) is 23.2 Å². The molecule has 5 nitrogen and oxygen atoms in total. The Morgan fingerprint density at radius 1 is 1.40 bits per heavy atom. The number of thiophene rings is 1. The monoisotopic (exact) mass is 361 g/mol. The van der Waals surface area contributed by atoms with Gasteiger partial charge in [0.25, 0.3) is 0 Å². The quantitative estimate of drug-likeness (QED) is 0.894. The molecule has 3 rings (SSSR count). The molecule has 3 atom stereocenters. The first-order valence-electron chi connectivity index (χ1n) is 9.22. The van der Waals surface area contributed by atoms with Crippen molar-refractivity contribution in [3.05, 3.63) is 16.0 Å². The van der Waals surface area contributed by atoms with Crippen molar-refractivity contribution in [2.75, 3.05) is 25.0 Å². The molecule has 0 radical (unpaired) electrons. The highest BCUT2D eigenvalue weighted by atomic mass is 32.1. The zero-order chi connectivity index (χ0) is 18.0. The molecule has 0 aromatic carbocycles. The van der Waals surface area contributed by atoms with Gasteiger partial charge in [0.05, 0.1) is 24.3 Å². The number of ether oxygens (including phenoxy) is 1. The molecule has 1 aliphatic carbocycles. The van der Waals surface area contributed by atoms with Crippen molar-refractivity contribution in [3.63, 3.8) is 0 Å². The van der Waals surface area contributed by atoms with E-state index in [0.29, 0.717) is 18.0 Å². The summed E-state index contributed by atoms with van der Waals surface area (Å²) in [5.41, 5.74) is 1.85. The van der Waals surface area contributed by atoms with Crippen molar-refractivity contribution in [2.24, 2.45) is 5.92 Å². The van der Waals surface area contributed by atoms with Crippen molar-refractivity contribution in [2.45, 2.75) is 58.7 Å². The van der Waals surface area contributed by atoms with Crippen LogP contribution in [0.15, 0.2) is 0 Å². The Bertz CT molecular complexity index is 669. The fraction of sp³-hybridized carbons (Fsp3) is 0.684. The molecule has 136 valence electrons. The molecule has 1 aromatic rings. The van der Waals surface area contributed by atoms with Gasteiger partial charge in [-0.05, 0) is 44.6 Å². The van der Waals surface area contributed by atoms with Crippen molar-refractivity contribution in [1.29, 1.82) is 5.26 Å². The number of anilines is 1. The molecular formula is C19H27N3O2S. The molecule has 6 heteroatoms. The number of morpholine rings is 1. The van der Waals surface area contributed by atoms with Gasteiger partial charge in [0.1, 0.15) is 11.1 Å². The zero-order valence-electron chi connectivity index (χ0n) is 15.3.